The molecule has 3 rings (SSSR count). The summed E-state index contributed by atoms with van der Waals surface area (Å²) < 4.78 is 17.6. The van der Waals surface area contributed by atoms with E-state index < -0.39 is 11.9 Å². The van der Waals surface area contributed by atoms with Gasteiger partial charge in [-0.2, -0.15) is 4.99 Å². The van der Waals surface area contributed by atoms with E-state index >= 15 is 0 Å². The van der Waals surface area contributed by atoms with Crippen LogP contribution in [-0.2, 0) is 16.1 Å². The summed E-state index contributed by atoms with van der Waals surface area (Å²) in [6.45, 7) is -0.0732. The van der Waals surface area contributed by atoms with Crippen molar-refractivity contribution in [2.24, 2.45) is 4.99 Å². The van der Waals surface area contributed by atoms with Crippen molar-refractivity contribution in [1.82, 2.24) is 4.57 Å². The molecule has 0 N–H and O–H groups in total. The SMILES string of the molecule is COC(=O)Cn1c(=NC(=O)c2ccc(OC)c(OC)c2)sc2cc(Cl)ccc21. The Morgan fingerprint density at radius 1 is 1.07 bits per heavy atom. The second-order valence-electron chi connectivity index (χ2n) is 5.65. The Morgan fingerprint density at radius 3 is 2.50 bits per heavy atom. The lowest BCUT2D eigenvalue weighted by Crippen LogP contribution is -2.22. The van der Waals surface area contributed by atoms with Gasteiger partial charge >= 0.3 is 5.97 Å². The number of hydrogen-bond donors (Lipinski definition) is 0. The topological polar surface area (TPSA) is 79.1 Å². The molecule has 0 atom stereocenters. The predicted octanol–water partition coefficient (Wildman–Crippen LogP) is 3.29. The van der Waals surface area contributed by atoms with E-state index in [9.17, 15) is 9.59 Å². The molecule has 2 aromatic carbocycles. The van der Waals surface area contributed by atoms with Gasteiger partial charge in [0, 0.05) is 10.6 Å². The van der Waals surface area contributed by atoms with E-state index in [2.05, 4.69) is 4.99 Å². The number of thiazole rings is 1. The highest BCUT2D eigenvalue weighted by atomic mass is 35.5. The first-order chi connectivity index (χ1) is 13.5. The highest BCUT2D eigenvalue weighted by Gasteiger charge is 2.14. The first kappa shape index (κ1) is 19.9. The van der Waals surface area contributed by atoms with Gasteiger partial charge < -0.3 is 18.8 Å². The zero-order chi connectivity index (χ0) is 20.3. The first-order valence-corrected chi connectivity index (χ1v) is 9.33. The van der Waals surface area contributed by atoms with Crippen molar-refractivity contribution in [3.8, 4) is 11.5 Å². The van der Waals surface area contributed by atoms with E-state index in [1.54, 1.807) is 41.0 Å². The number of halogens is 1. The molecule has 0 aliphatic carbocycles. The fourth-order valence-electron chi connectivity index (χ4n) is 2.60. The number of nitrogens with zero attached hydrogens (tertiary/aromatic N) is 2. The average Bonchev–Trinajstić information content (AvgIpc) is 3.02. The van der Waals surface area contributed by atoms with Crippen LogP contribution in [0.4, 0.5) is 0 Å². The van der Waals surface area contributed by atoms with Gasteiger partial charge in [-0.3, -0.25) is 9.59 Å². The molecule has 0 spiro atoms. The molecule has 0 aliphatic heterocycles. The maximum Gasteiger partial charge on any atom is 0.325 e. The molecule has 28 heavy (non-hydrogen) atoms. The molecule has 9 heteroatoms. The van der Waals surface area contributed by atoms with Crippen LogP contribution in [0.3, 0.4) is 0 Å². The van der Waals surface area contributed by atoms with Gasteiger partial charge in [-0.15, -0.1) is 0 Å². The minimum Gasteiger partial charge on any atom is -0.493 e. The van der Waals surface area contributed by atoms with Crippen LogP contribution in [0.5, 0.6) is 11.5 Å². The molecule has 7 nitrogen and oxygen atoms in total. The third kappa shape index (κ3) is 4.02. The normalized spacial score (nSPS) is 11.5. The van der Waals surface area contributed by atoms with Crippen molar-refractivity contribution in [2.45, 2.75) is 6.54 Å². The lowest BCUT2D eigenvalue weighted by Gasteiger charge is -2.07. The van der Waals surface area contributed by atoms with Gasteiger partial charge in [0.15, 0.2) is 16.3 Å². The number of hydrogen-bond acceptors (Lipinski definition) is 6. The molecule has 0 radical (unpaired) electrons. The number of fused-ring (bicyclic) bond motifs is 1. The van der Waals surface area contributed by atoms with Gasteiger partial charge in [-0.25, -0.2) is 0 Å². The van der Waals surface area contributed by atoms with Gasteiger partial charge in [-0.05, 0) is 36.4 Å². The largest absolute Gasteiger partial charge is 0.493 e. The number of methoxy groups -OCH3 is 3. The molecule has 0 fully saturated rings. The van der Waals surface area contributed by atoms with Gasteiger partial charge in [0.25, 0.3) is 5.91 Å². The van der Waals surface area contributed by atoms with Gasteiger partial charge in [0.1, 0.15) is 6.54 Å². The molecule has 1 aromatic heterocycles. The Balaban J connectivity index is 2.11. The van der Waals surface area contributed by atoms with Crippen LogP contribution in [0.15, 0.2) is 41.4 Å². The molecule has 0 saturated carbocycles. The summed E-state index contributed by atoms with van der Waals surface area (Å²) in [5.41, 5.74) is 1.07. The van der Waals surface area contributed by atoms with Gasteiger partial charge in [0.2, 0.25) is 0 Å². The number of aromatic nitrogens is 1. The quantitative estimate of drug-likeness (QED) is 0.592. The van der Waals surface area contributed by atoms with E-state index in [1.807, 2.05) is 0 Å². The van der Waals surface area contributed by atoms with Crippen molar-refractivity contribution in [3.63, 3.8) is 0 Å². The minimum atomic E-state index is -0.475. The van der Waals surface area contributed by atoms with Crippen LogP contribution in [0.1, 0.15) is 10.4 Å². The third-order valence-electron chi connectivity index (χ3n) is 3.99. The molecule has 0 bridgehead atoms. The molecular weight excluding hydrogens is 404 g/mol. The van der Waals surface area contributed by atoms with Gasteiger partial charge in [-0.1, -0.05) is 22.9 Å². The second kappa shape index (κ2) is 8.45. The lowest BCUT2D eigenvalue weighted by atomic mass is 10.2. The predicted molar refractivity (Wildman–Crippen MR) is 106 cm³/mol. The standard InChI is InChI=1S/C19H17ClN2O5S/c1-25-14-7-4-11(8-15(14)26-2)18(24)21-19-22(10-17(23)27-3)13-6-5-12(20)9-16(13)28-19/h4-9H,10H2,1-3H3. The Labute approximate surface area is 169 Å². The van der Waals surface area contributed by atoms with Crippen LogP contribution < -0.4 is 14.3 Å². The van der Waals surface area contributed by atoms with Crippen molar-refractivity contribution in [2.75, 3.05) is 21.3 Å². The number of amides is 1. The van der Waals surface area contributed by atoms with E-state index in [0.29, 0.717) is 26.9 Å². The summed E-state index contributed by atoms with van der Waals surface area (Å²) in [6.07, 6.45) is 0. The number of carbonyl (C=O) groups excluding carboxylic acids is 2. The Hall–Kier alpha value is -2.84. The fourth-order valence-corrected chi connectivity index (χ4v) is 3.90. The van der Waals surface area contributed by atoms with Crippen molar-refractivity contribution < 1.29 is 23.8 Å². The Morgan fingerprint density at radius 2 is 1.82 bits per heavy atom. The molecule has 1 heterocycles. The molecule has 0 aliphatic rings. The molecule has 3 aromatic rings. The second-order valence-corrected chi connectivity index (χ2v) is 7.09. The summed E-state index contributed by atoms with van der Waals surface area (Å²) in [6, 6.07) is 10.0. The minimum absolute atomic E-state index is 0.0732. The van der Waals surface area contributed by atoms with Crippen molar-refractivity contribution in [1.29, 1.82) is 0 Å². The fraction of sp³-hybridized carbons (Fsp3) is 0.211. The molecule has 1 amide bonds. The van der Waals surface area contributed by atoms with E-state index in [-0.39, 0.29) is 6.54 Å². The van der Waals surface area contributed by atoms with E-state index in [4.69, 9.17) is 25.8 Å². The number of esters is 1. The van der Waals surface area contributed by atoms with Crippen LogP contribution in [-0.4, -0.2) is 37.8 Å². The maximum atomic E-state index is 12.7. The lowest BCUT2D eigenvalue weighted by molar-refractivity contribution is -0.141. The summed E-state index contributed by atoms with van der Waals surface area (Å²) in [5.74, 6) is 0.0114. The molecule has 0 saturated heterocycles. The average molecular weight is 421 g/mol. The number of benzene rings is 2. The van der Waals surface area contributed by atoms with E-state index in [0.717, 1.165) is 10.2 Å². The summed E-state index contributed by atoms with van der Waals surface area (Å²) in [7, 11) is 4.31. The van der Waals surface area contributed by atoms with Crippen molar-refractivity contribution >= 4 is 45.0 Å². The molecule has 0 unspecified atom stereocenters. The van der Waals surface area contributed by atoms with Crippen LogP contribution in [0, 0.1) is 0 Å². The van der Waals surface area contributed by atoms with Crippen molar-refractivity contribution in [3.05, 3.63) is 51.8 Å². The number of carbonyl (C=O) groups is 2. The van der Waals surface area contributed by atoms with Crippen LogP contribution in [0.2, 0.25) is 5.02 Å². The summed E-state index contributed by atoms with van der Waals surface area (Å²) in [5, 5.41) is 0.553. The molecular formula is C19H17ClN2O5S. The smallest absolute Gasteiger partial charge is 0.325 e. The number of ether oxygens (including phenoxy) is 3. The number of rotatable bonds is 5. The molecule has 146 valence electrons. The monoisotopic (exact) mass is 420 g/mol. The zero-order valence-corrected chi connectivity index (χ0v) is 17.0. The van der Waals surface area contributed by atoms with E-state index in [1.165, 1.54) is 32.7 Å². The highest BCUT2D eigenvalue weighted by molar-refractivity contribution is 7.16. The van der Waals surface area contributed by atoms with Gasteiger partial charge in [0.05, 0.1) is 31.5 Å². The van der Waals surface area contributed by atoms with Crippen LogP contribution >= 0.6 is 22.9 Å². The maximum absolute atomic E-state index is 12.7. The Bertz CT molecular complexity index is 1120. The van der Waals surface area contributed by atoms with Crippen LogP contribution in [0.25, 0.3) is 10.2 Å². The summed E-state index contributed by atoms with van der Waals surface area (Å²) in [4.78, 5) is 29.1. The first-order valence-electron chi connectivity index (χ1n) is 8.13. The highest BCUT2D eigenvalue weighted by Crippen LogP contribution is 2.28. The summed E-state index contributed by atoms with van der Waals surface area (Å²) >= 11 is 7.32. The third-order valence-corrected chi connectivity index (χ3v) is 5.26. The Kier molecular flexibility index (Phi) is 6.01. The zero-order valence-electron chi connectivity index (χ0n) is 15.4.